The van der Waals surface area contributed by atoms with Crippen LogP contribution in [0.1, 0.15) is 52.4 Å². The lowest BCUT2D eigenvalue weighted by Crippen LogP contribution is -2.27. The van der Waals surface area contributed by atoms with E-state index in [0.717, 1.165) is 31.8 Å². The van der Waals surface area contributed by atoms with Crippen molar-refractivity contribution in [2.45, 2.75) is 52.4 Å². The summed E-state index contributed by atoms with van der Waals surface area (Å²) in [5, 5.41) is 3.24. The summed E-state index contributed by atoms with van der Waals surface area (Å²) in [6, 6.07) is 0. The van der Waals surface area contributed by atoms with Gasteiger partial charge in [0.15, 0.2) is 0 Å². The number of unbranched alkanes of at least 4 members (excludes halogenated alkanes) is 4. The second-order valence-electron chi connectivity index (χ2n) is 5.21. The van der Waals surface area contributed by atoms with Crippen LogP contribution in [0, 0.1) is 5.92 Å². The lowest BCUT2D eigenvalue weighted by Gasteiger charge is -2.18. The summed E-state index contributed by atoms with van der Waals surface area (Å²) in [5.74, 6) is 0.614. The highest BCUT2D eigenvalue weighted by molar-refractivity contribution is 5.79. The van der Waals surface area contributed by atoms with Gasteiger partial charge < -0.3 is 10.2 Å². The van der Waals surface area contributed by atoms with Gasteiger partial charge in [-0.1, -0.05) is 39.2 Å². The van der Waals surface area contributed by atoms with Gasteiger partial charge in [0.05, 0.1) is 0 Å². The fourth-order valence-electron chi connectivity index (χ4n) is 2.50. The summed E-state index contributed by atoms with van der Waals surface area (Å²) in [6.07, 6.45) is 6.91. The van der Waals surface area contributed by atoms with E-state index < -0.39 is 0 Å². The first-order valence-electron chi connectivity index (χ1n) is 7.39. The molecule has 0 saturated carbocycles. The van der Waals surface area contributed by atoms with Gasteiger partial charge in [0.2, 0.25) is 5.91 Å². The molecule has 104 valence electrons. The highest BCUT2D eigenvalue weighted by Gasteiger charge is 2.30. The van der Waals surface area contributed by atoms with Crippen molar-refractivity contribution in [1.29, 1.82) is 0 Å². The molecule has 1 aliphatic rings. The van der Waals surface area contributed by atoms with Crippen molar-refractivity contribution in [3.8, 4) is 0 Å². The number of carbonyl (C=O) groups is 1. The maximum atomic E-state index is 11.9. The van der Waals surface area contributed by atoms with E-state index in [-0.39, 0.29) is 0 Å². The number of amides is 1. The van der Waals surface area contributed by atoms with Crippen LogP contribution in [-0.2, 0) is 4.79 Å². The van der Waals surface area contributed by atoms with Crippen molar-refractivity contribution in [3.05, 3.63) is 12.3 Å². The van der Waals surface area contributed by atoms with Gasteiger partial charge in [-0.2, -0.15) is 0 Å². The first-order chi connectivity index (χ1) is 8.69. The summed E-state index contributed by atoms with van der Waals surface area (Å²) in [7, 11) is 0. The summed E-state index contributed by atoms with van der Waals surface area (Å²) in [5.41, 5.74) is 1.03. The average Bonchev–Trinajstić information content (AvgIpc) is 2.71. The van der Waals surface area contributed by atoms with E-state index in [9.17, 15) is 4.79 Å². The van der Waals surface area contributed by atoms with Crippen LogP contribution in [0.4, 0.5) is 0 Å². The number of rotatable bonds is 9. The molecule has 3 nitrogen and oxygen atoms in total. The molecule has 1 rings (SSSR count). The SMILES string of the molecule is C=C(NCC)C1CC(=O)N(CCCCCCC)C1. The monoisotopic (exact) mass is 252 g/mol. The minimum atomic E-state index is 0.301. The highest BCUT2D eigenvalue weighted by atomic mass is 16.2. The van der Waals surface area contributed by atoms with Crippen molar-refractivity contribution in [2.75, 3.05) is 19.6 Å². The Morgan fingerprint density at radius 2 is 2.06 bits per heavy atom. The molecule has 0 aliphatic carbocycles. The molecule has 0 spiro atoms. The third-order valence-electron chi connectivity index (χ3n) is 3.64. The molecule has 1 fully saturated rings. The molecule has 1 heterocycles. The first kappa shape index (κ1) is 15.1. The molecule has 0 aromatic rings. The Bertz CT molecular complexity index is 276. The van der Waals surface area contributed by atoms with Crippen LogP contribution in [0.2, 0.25) is 0 Å². The predicted octanol–water partition coefficient (Wildman–Crippen LogP) is 2.93. The van der Waals surface area contributed by atoms with Gasteiger partial charge in [-0.25, -0.2) is 0 Å². The first-order valence-corrected chi connectivity index (χ1v) is 7.39. The molecule has 1 saturated heterocycles. The Kier molecular flexibility index (Phi) is 6.84. The van der Waals surface area contributed by atoms with Gasteiger partial charge in [0.1, 0.15) is 0 Å². The molecule has 1 atom stereocenters. The number of likely N-dealkylation sites (tertiary alicyclic amines) is 1. The molecule has 1 amide bonds. The Labute approximate surface area is 112 Å². The zero-order chi connectivity index (χ0) is 13.4. The molecule has 1 aliphatic heterocycles. The quantitative estimate of drug-likeness (QED) is 0.640. The van der Waals surface area contributed by atoms with E-state index in [1.807, 2.05) is 4.90 Å². The second kappa shape index (κ2) is 8.17. The summed E-state index contributed by atoms with van der Waals surface area (Å²) < 4.78 is 0. The fourth-order valence-corrected chi connectivity index (χ4v) is 2.50. The standard InChI is InChI=1S/C15H28N2O/c1-4-6-7-8-9-10-17-12-14(11-15(17)18)13(3)16-5-2/h14,16H,3-12H2,1-2H3. The lowest BCUT2D eigenvalue weighted by molar-refractivity contribution is -0.127. The molecule has 3 heteroatoms. The molecule has 1 unspecified atom stereocenters. The van der Waals surface area contributed by atoms with Gasteiger partial charge in [-0.15, -0.1) is 0 Å². The largest absolute Gasteiger partial charge is 0.389 e. The van der Waals surface area contributed by atoms with Crippen LogP contribution in [0.25, 0.3) is 0 Å². The van der Waals surface area contributed by atoms with Crippen LogP contribution in [-0.4, -0.2) is 30.4 Å². The Morgan fingerprint density at radius 3 is 2.72 bits per heavy atom. The molecule has 18 heavy (non-hydrogen) atoms. The third kappa shape index (κ3) is 4.71. The summed E-state index contributed by atoms with van der Waals surface area (Å²) in [4.78, 5) is 13.9. The van der Waals surface area contributed by atoms with Gasteiger partial charge in [-0.05, 0) is 13.3 Å². The minimum absolute atomic E-state index is 0.301. The molecule has 0 radical (unpaired) electrons. The van der Waals surface area contributed by atoms with Crippen LogP contribution in [0.15, 0.2) is 12.3 Å². The van der Waals surface area contributed by atoms with Crippen LogP contribution >= 0.6 is 0 Å². The topological polar surface area (TPSA) is 32.3 Å². The number of nitrogens with zero attached hydrogens (tertiary/aromatic N) is 1. The molecule has 1 N–H and O–H groups in total. The number of carbonyl (C=O) groups excluding carboxylic acids is 1. The summed E-state index contributed by atoms with van der Waals surface area (Å²) >= 11 is 0. The highest BCUT2D eigenvalue weighted by Crippen LogP contribution is 2.22. The van der Waals surface area contributed by atoms with Crippen molar-refractivity contribution in [3.63, 3.8) is 0 Å². The maximum absolute atomic E-state index is 11.9. The van der Waals surface area contributed by atoms with Crippen molar-refractivity contribution in [2.24, 2.45) is 5.92 Å². The Balaban J connectivity index is 2.23. The van der Waals surface area contributed by atoms with E-state index in [4.69, 9.17) is 0 Å². The zero-order valence-electron chi connectivity index (χ0n) is 12.0. The molecular weight excluding hydrogens is 224 g/mol. The van der Waals surface area contributed by atoms with E-state index >= 15 is 0 Å². The maximum Gasteiger partial charge on any atom is 0.223 e. The lowest BCUT2D eigenvalue weighted by atomic mass is 10.1. The Hall–Kier alpha value is -0.990. The van der Waals surface area contributed by atoms with Crippen molar-refractivity contribution >= 4 is 5.91 Å². The molecule has 0 bridgehead atoms. The molecule has 0 aromatic carbocycles. The normalized spacial score (nSPS) is 19.3. The van der Waals surface area contributed by atoms with Crippen LogP contribution in [0.5, 0.6) is 0 Å². The fraction of sp³-hybridized carbons (Fsp3) is 0.800. The third-order valence-corrected chi connectivity index (χ3v) is 3.64. The number of nitrogens with one attached hydrogen (secondary N) is 1. The molecular formula is C15H28N2O. The van der Waals surface area contributed by atoms with Gasteiger partial charge in [-0.3, -0.25) is 4.79 Å². The summed E-state index contributed by atoms with van der Waals surface area (Å²) in [6.45, 7) is 11.0. The van der Waals surface area contributed by atoms with Gasteiger partial charge >= 0.3 is 0 Å². The number of hydrogen-bond acceptors (Lipinski definition) is 2. The van der Waals surface area contributed by atoms with Crippen molar-refractivity contribution in [1.82, 2.24) is 10.2 Å². The van der Waals surface area contributed by atoms with Crippen LogP contribution in [0.3, 0.4) is 0 Å². The second-order valence-corrected chi connectivity index (χ2v) is 5.21. The predicted molar refractivity (Wildman–Crippen MR) is 76.3 cm³/mol. The van der Waals surface area contributed by atoms with Crippen LogP contribution < -0.4 is 5.32 Å². The van der Waals surface area contributed by atoms with E-state index in [1.54, 1.807) is 0 Å². The smallest absolute Gasteiger partial charge is 0.223 e. The van der Waals surface area contributed by atoms with Gasteiger partial charge in [0.25, 0.3) is 0 Å². The van der Waals surface area contributed by atoms with E-state index in [0.29, 0.717) is 18.2 Å². The van der Waals surface area contributed by atoms with E-state index in [2.05, 4.69) is 25.7 Å². The number of hydrogen-bond donors (Lipinski definition) is 1. The Morgan fingerprint density at radius 1 is 1.33 bits per heavy atom. The zero-order valence-corrected chi connectivity index (χ0v) is 12.0. The molecule has 0 aromatic heterocycles. The van der Waals surface area contributed by atoms with E-state index in [1.165, 1.54) is 25.7 Å². The average molecular weight is 252 g/mol. The van der Waals surface area contributed by atoms with Gasteiger partial charge in [0, 0.05) is 37.7 Å². The minimum Gasteiger partial charge on any atom is -0.389 e. The van der Waals surface area contributed by atoms with Crippen molar-refractivity contribution < 1.29 is 4.79 Å².